The molecule has 0 bridgehead atoms. The Morgan fingerprint density at radius 3 is 2.58 bits per heavy atom. The van der Waals surface area contributed by atoms with E-state index in [0.29, 0.717) is 42.5 Å². The van der Waals surface area contributed by atoms with E-state index in [1.807, 2.05) is 59.5 Å². The first kappa shape index (κ1) is 23.7. The van der Waals surface area contributed by atoms with Gasteiger partial charge in [0, 0.05) is 25.0 Å². The summed E-state index contributed by atoms with van der Waals surface area (Å²) < 4.78 is 1.69. The predicted octanol–water partition coefficient (Wildman–Crippen LogP) is 4.82. The summed E-state index contributed by atoms with van der Waals surface area (Å²) in [4.78, 5) is 37.9. The van der Waals surface area contributed by atoms with Crippen molar-refractivity contribution in [2.24, 2.45) is 5.92 Å². The van der Waals surface area contributed by atoms with Crippen LogP contribution in [0, 0.1) is 5.92 Å². The molecule has 1 aliphatic heterocycles. The topological polar surface area (TPSA) is 80.1 Å². The fraction of sp³-hybridized carbons (Fsp3) is 0.310. The predicted molar refractivity (Wildman–Crippen MR) is 143 cm³/mol. The van der Waals surface area contributed by atoms with Crippen LogP contribution in [-0.2, 0) is 11.3 Å². The van der Waals surface area contributed by atoms with Crippen LogP contribution in [0.2, 0.25) is 0 Å². The van der Waals surface area contributed by atoms with Gasteiger partial charge in [0.2, 0.25) is 5.91 Å². The van der Waals surface area contributed by atoms with Gasteiger partial charge in [-0.05, 0) is 54.2 Å². The van der Waals surface area contributed by atoms with E-state index in [0.717, 1.165) is 24.1 Å². The lowest BCUT2D eigenvalue weighted by atomic mass is 9.97. The number of hydrogen-bond acceptors (Lipinski definition) is 5. The van der Waals surface area contributed by atoms with Crippen molar-refractivity contribution in [2.75, 3.05) is 23.3 Å². The van der Waals surface area contributed by atoms with Gasteiger partial charge in [-0.1, -0.05) is 56.3 Å². The van der Waals surface area contributed by atoms with Gasteiger partial charge < -0.3 is 10.2 Å². The summed E-state index contributed by atoms with van der Waals surface area (Å²) in [6, 6.07) is 21.6. The van der Waals surface area contributed by atoms with Crippen LogP contribution >= 0.6 is 0 Å². The maximum absolute atomic E-state index is 13.7. The molecule has 0 aliphatic carbocycles. The molecule has 3 heterocycles. The third kappa shape index (κ3) is 5.00. The fourth-order valence-corrected chi connectivity index (χ4v) is 4.76. The molecule has 1 fully saturated rings. The molecule has 4 aromatic rings. The second-order valence-corrected chi connectivity index (χ2v) is 9.71. The number of carbonyl (C=O) groups is 1. The first-order valence-electron chi connectivity index (χ1n) is 12.5. The van der Waals surface area contributed by atoms with E-state index in [2.05, 4.69) is 36.3 Å². The van der Waals surface area contributed by atoms with Crippen LogP contribution in [0.25, 0.3) is 11.2 Å². The third-order valence-corrected chi connectivity index (χ3v) is 6.80. The van der Waals surface area contributed by atoms with Crippen molar-refractivity contribution in [1.29, 1.82) is 0 Å². The van der Waals surface area contributed by atoms with Crippen LogP contribution in [0.1, 0.15) is 43.7 Å². The van der Waals surface area contributed by atoms with Gasteiger partial charge in [0.25, 0.3) is 5.56 Å². The number of nitrogens with one attached hydrogen (secondary N) is 1. The zero-order chi connectivity index (χ0) is 25.1. The lowest BCUT2D eigenvalue weighted by molar-refractivity contribution is -0.120. The zero-order valence-electron chi connectivity index (χ0n) is 20.7. The molecule has 1 amide bonds. The summed E-state index contributed by atoms with van der Waals surface area (Å²) in [6.07, 6.45) is 3.27. The van der Waals surface area contributed by atoms with Crippen molar-refractivity contribution < 1.29 is 4.79 Å². The van der Waals surface area contributed by atoms with Gasteiger partial charge >= 0.3 is 0 Å². The summed E-state index contributed by atoms with van der Waals surface area (Å²) in [5, 5.41) is 3.06. The van der Waals surface area contributed by atoms with E-state index < -0.39 is 0 Å². The molecule has 7 nitrogen and oxygen atoms in total. The van der Waals surface area contributed by atoms with Crippen LogP contribution in [0.15, 0.2) is 77.7 Å². The summed E-state index contributed by atoms with van der Waals surface area (Å²) in [7, 11) is 0. The van der Waals surface area contributed by atoms with E-state index in [1.54, 1.807) is 10.8 Å². The monoisotopic (exact) mass is 481 g/mol. The van der Waals surface area contributed by atoms with E-state index in [1.165, 1.54) is 5.56 Å². The molecule has 1 aliphatic rings. The molecule has 1 atom stereocenters. The number of fused-ring (bicyclic) bond motifs is 1. The molecule has 2 aromatic heterocycles. The van der Waals surface area contributed by atoms with Crippen molar-refractivity contribution in [2.45, 2.75) is 39.2 Å². The van der Waals surface area contributed by atoms with Crippen molar-refractivity contribution in [1.82, 2.24) is 14.5 Å². The van der Waals surface area contributed by atoms with Gasteiger partial charge in [-0.2, -0.15) is 0 Å². The van der Waals surface area contributed by atoms with Crippen molar-refractivity contribution in [3.05, 3.63) is 94.4 Å². The Balaban J connectivity index is 1.40. The van der Waals surface area contributed by atoms with Gasteiger partial charge in [-0.25, -0.2) is 9.97 Å². The molecular formula is C29H31N5O2. The summed E-state index contributed by atoms with van der Waals surface area (Å²) in [5.74, 6) is 0.573. The molecule has 7 heteroatoms. The summed E-state index contributed by atoms with van der Waals surface area (Å²) >= 11 is 0. The Hall–Kier alpha value is -4.00. The van der Waals surface area contributed by atoms with Crippen LogP contribution in [0.3, 0.4) is 0 Å². The number of carbonyl (C=O) groups excluding carboxylic acids is 1. The van der Waals surface area contributed by atoms with Crippen LogP contribution < -0.4 is 15.8 Å². The standard InChI is InChI=1S/C29H31N5O2/c1-20(2)22-12-14-24(15-13-22)31-28(35)23-10-7-17-33(19-23)27-29(36)34(18-21-8-4-3-5-9-21)26-25(32-27)11-6-16-30-26/h3-6,8-9,11-16,20,23H,7,10,17-19H2,1-2H3,(H,31,35)/t23-/m1/s1. The highest BCUT2D eigenvalue weighted by Gasteiger charge is 2.29. The maximum Gasteiger partial charge on any atom is 0.295 e. The summed E-state index contributed by atoms with van der Waals surface area (Å²) in [5.41, 5.74) is 4.09. The number of amides is 1. The molecular weight excluding hydrogens is 450 g/mol. The quantitative estimate of drug-likeness (QED) is 0.427. The average molecular weight is 482 g/mol. The summed E-state index contributed by atoms with van der Waals surface area (Å²) in [6.45, 7) is 5.85. The van der Waals surface area contributed by atoms with E-state index in [4.69, 9.17) is 4.98 Å². The van der Waals surface area contributed by atoms with Crippen LogP contribution in [-0.4, -0.2) is 33.5 Å². The number of hydrogen-bond donors (Lipinski definition) is 1. The average Bonchev–Trinajstić information content (AvgIpc) is 2.91. The minimum absolute atomic E-state index is 0.0240. The highest BCUT2D eigenvalue weighted by Crippen LogP contribution is 2.24. The number of nitrogens with zero attached hydrogens (tertiary/aromatic N) is 4. The molecule has 1 saturated heterocycles. The highest BCUT2D eigenvalue weighted by molar-refractivity contribution is 5.93. The number of rotatable bonds is 6. The van der Waals surface area contributed by atoms with Crippen molar-refractivity contribution in [3.8, 4) is 0 Å². The molecule has 36 heavy (non-hydrogen) atoms. The Morgan fingerprint density at radius 2 is 1.83 bits per heavy atom. The maximum atomic E-state index is 13.7. The Labute approximate surface area is 210 Å². The largest absolute Gasteiger partial charge is 0.351 e. The number of piperidine rings is 1. The number of aromatic nitrogens is 3. The third-order valence-electron chi connectivity index (χ3n) is 6.80. The molecule has 0 spiro atoms. The zero-order valence-corrected chi connectivity index (χ0v) is 20.7. The molecule has 0 unspecified atom stereocenters. The second kappa shape index (κ2) is 10.3. The SMILES string of the molecule is CC(C)c1ccc(NC(=O)[C@@H]2CCCN(c3nc4cccnc4n(Cc4ccccc4)c3=O)C2)cc1. The number of anilines is 2. The molecule has 2 aromatic carbocycles. The van der Waals surface area contributed by atoms with E-state index in [9.17, 15) is 9.59 Å². The molecule has 1 N–H and O–H groups in total. The first-order valence-corrected chi connectivity index (χ1v) is 12.5. The van der Waals surface area contributed by atoms with Crippen molar-refractivity contribution in [3.63, 3.8) is 0 Å². The number of pyridine rings is 1. The lowest BCUT2D eigenvalue weighted by Gasteiger charge is -2.32. The van der Waals surface area contributed by atoms with Gasteiger partial charge in [-0.3, -0.25) is 14.2 Å². The van der Waals surface area contributed by atoms with Gasteiger partial charge in [-0.15, -0.1) is 0 Å². The van der Waals surface area contributed by atoms with Gasteiger partial charge in [0.15, 0.2) is 11.5 Å². The van der Waals surface area contributed by atoms with Crippen molar-refractivity contribution >= 4 is 28.6 Å². The molecule has 5 rings (SSSR count). The number of benzene rings is 2. The Morgan fingerprint density at radius 1 is 1.06 bits per heavy atom. The van der Waals surface area contributed by atoms with E-state index >= 15 is 0 Å². The minimum atomic E-state index is -0.225. The van der Waals surface area contributed by atoms with Gasteiger partial charge in [0.05, 0.1) is 12.5 Å². The second-order valence-electron chi connectivity index (χ2n) is 9.71. The highest BCUT2D eigenvalue weighted by atomic mass is 16.2. The lowest BCUT2D eigenvalue weighted by Crippen LogP contribution is -2.44. The van der Waals surface area contributed by atoms with Crippen LogP contribution in [0.4, 0.5) is 11.5 Å². The fourth-order valence-electron chi connectivity index (χ4n) is 4.76. The van der Waals surface area contributed by atoms with E-state index in [-0.39, 0.29) is 17.4 Å². The minimum Gasteiger partial charge on any atom is -0.351 e. The molecule has 0 radical (unpaired) electrons. The van der Waals surface area contributed by atoms with Crippen LogP contribution in [0.5, 0.6) is 0 Å². The molecule has 0 saturated carbocycles. The Kier molecular flexibility index (Phi) is 6.80. The smallest absolute Gasteiger partial charge is 0.295 e. The molecule has 184 valence electrons. The first-order chi connectivity index (χ1) is 17.5. The van der Waals surface area contributed by atoms with Gasteiger partial charge in [0.1, 0.15) is 5.52 Å². The normalized spacial score (nSPS) is 15.9. The Bertz CT molecular complexity index is 1410.